The second kappa shape index (κ2) is 7.06. The number of methoxy groups -OCH3 is 1. The molecule has 1 aromatic carbocycles. The molecule has 0 heterocycles. The molecule has 0 spiro atoms. The van der Waals surface area contributed by atoms with Gasteiger partial charge < -0.3 is 14.8 Å². The first-order chi connectivity index (χ1) is 8.17. The number of nitrogens with one attached hydrogen (secondary N) is 1. The van der Waals surface area contributed by atoms with Gasteiger partial charge in [0.15, 0.2) is 11.5 Å². The summed E-state index contributed by atoms with van der Waals surface area (Å²) in [5.41, 5.74) is 0.884. The lowest BCUT2D eigenvalue weighted by Gasteiger charge is -2.11. The van der Waals surface area contributed by atoms with Crippen molar-refractivity contribution in [1.29, 1.82) is 0 Å². The van der Waals surface area contributed by atoms with Gasteiger partial charge >= 0.3 is 6.61 Å². The maximum atomic E-state index is 12.2. The second-order valence-electron chi connectivity index (χ2n) is 3.54. The van der Waals surface area contributed by atoms with Gasteiger partial charge in [-0.1, -0.05) is 13.0 Å². The van der Waals surface area contributed by atoms with Gasteiger partial charge in [0.05, 0.1) is 7.11 Å². The Bertz CT molecular complexity index is 345. The van der Waals surface area contributed by atoms with Crippen molar-refractivity contribution in [3.05, 3.63) is 23.8 Å². The topological polar surface area (TPSA) is 30.5 Å². The molecule has 1 aromatic rings. The van der Waals surface area contributed by atoms with E-state index in [2.05, 4.69) is 17.0 Å². The molecule has 1 rings (SSSR count). The van der Waals surface area contributed by atoms with Crippen LogP contribution in [0.4, 0.5) is 8.78 Å². The summed E-state index contributed by atoms with van der Waals surface area (Å²) in [5, 5.41) is 3.19. The van der Waals surface area contributed by atoms with E-state index in [1.165, 1.54) is 7.11 Å². The quantitative estimate of drug-likeness (QED) is 0.749. The molecule has 0 aromatic heterocycles. The Morgan fingerprint density at radius 3 is 2.65 bits per heavy atom. The normalized spacial score (nSPS) is 10.6. The number of benzene rings is 1. The lowest BCUT2D eigenvalue weighted by atomic mass is 10.2. The third-order valence-electron chi connectivity index (χ3n) is 2.20. The maximum Gasteiger partial charge on any atom is 0.387 e. The van der Waals surface area contributed by atoms with Crippen LogP contribution in [0.25, 0.3) is 0 Å². The van der Waals surface area contributed by atoms with E-state index in [0.717, 1.165) is 18.5 Å². The summed E-state index contributed by atoms with van der Waals surface area (Å²) in [4.78, 5) is 0. The van der Waals surface area contributed by atoms with Crippen LogP contribution in [-0.4, -0.2) is 20.3 Å². The smallest absolute Gasteiger partial charge is 0.387 e. The predicted molar refractivity (Wildman–Crippen MR) is 61.6 cm³/mol. The van der Waals surface area contributed by atoms with Crippen LogP contribution in [0.15, 0.2) is 18.2 Å². The highest BCUT2D eigenvalue weighted by Crippen LogP contribution is 2.29. The molecule has 96 valence electrons. The highest BCUT2D eigenvalue weighted by molar-refractivity contribution is 5.42. The molecule has 0 amide bonds. The molecule has 0 unspecified atom stereocenters. The lowest BCUT2D eigenvalue weighted by molar-refractivity contribution is -0.0512. The minimum Gasteiger partial charge on any atom is -0.493 e. The fourth-order valence-electron chi connectivity index (χ4n) is 1.43. The summed E-state index contributed by atoms with van der Waals surface area (Å²) >= 11 is 0. The number of hydrogen-bond donors (Lipinski definition) is 1. The van der Waals surface area contributed by atoms with E-state index in [-0.39, 0.29) is 5.75 Å². The van der Waals surface area contributed by atoms with Crippen LogP contribution in [0.5, 0.6) is 11.5 Å². The van der Waals surface area contributed by atoms with Crippen molar-refractivity contribution in [2.45, 2.75) is 26.5 Å². The number of alkyl halides is 2. The molecule has 0 atom stereocenters. The summed E-state index contributed by atoms with van der Waals surface area (Å²) < 4.78 is 33.7. The number of rotatable bonds is 7. The standard InChI is InChI=1S/C12H17F2NO2/c1-3-6-15-8-9-4-5-10(16-2)11(7-9)17-12(13)14/h4-5,7,12,15H,3,6,8H2,1-2H3. The number of ether oxygens (including phenoxy) is 2. The monoisotopic (exact) mass is 245 g/mol. The van der Waals surface area contributed by atoms with Gasteiger partial charge in [-0.05, 0) is 30.7 Å². The highest BCUT2D eigenvalue weighted by Gasteiger charge is 2.10. The van der Waals surface area contributed by atoms with E-state index in [4.69, 9.17) is 4.74 Å². The van der Waals surface area contributed by atoms with Crippen LogP contribution < -0.4 is 14.8 Å². The summed E-state index contributed by atoms with van der Waals surface area (Å²) in [6, 6.07) is 5.01. The van der Waals surface area contributed by atoms with Gasteiger partial charge in [-0.3, -0.25) is 0 Å². The first-order valence-electron chi connectivity index (χ1n) is 5.49. The average molecular weight is 245 g/mol. The molecule has 0 aliphatic heterocycles. The fraction of sp³-hybridized carbons (Fsp3) is 0.500. The summed E-state index contributed by atoms with van der Waals surface area (Å²) in [5.74, 6) is 0.378. The van der Waals surface area contributed by atoms with E-state index in [1.807, 2.05) is 6.07 Å². The molecule has 1 N–H and O–H groups in total. The predicted octanol–water partition coefficient (Wildman–Crippen LogP) is 2.80. The van der Waals surface area contributed by atoms with Crippen molar-refractivity contribution in [3.63, 3.8) is 0 Å². The minimum atomic E-state index is -2.84. The van der Waals surface area contributed by atoms with E-state index >= 15 is 0 Å². The van der Waals surface area contributed by atoms with Crippen LogP contribution in [0, 0.1) is 0 Å². The van der Waals surface area contributed by atoms with Crippen molar-refractivity contribution in [1.82, 2.24) is 5.32 Å². The average Bonchev–Trinajstić information content (AvgIpc) is 2.29. The van der Waals surface area contributed by atoms with Crippen molar-refractivity contribution in [3.8, 4) is 11.5 Å². The van der Waals surface area contributed by atoms with Crippen LogP contribution in [0.2, 0.25) is 0 Å². The van der Waals surface area contributed by atoms with Crippen molar-refractivity contribution >= 4 is 0 Å². The molecule has 0 bridgehead atoms. The molecule has 0 saturated heterocycles. The van der Waals surface area contributed by atoms with E-state index in [9.17, 15) is 8.78 Å². The van der Waals surface area contributed by atoms with Crippen molar-refractivity contribution < 1.29 is 18.3 Å². The van der Waals surface area contributed by atoms with Gasteiger partial charge in [-0.2, -0.15) is 8.78 Å². The molecule has 0 radical (unpaired) electrons. The Morgan fingerprint density at radius 1 is 1.29 bits per heavy atom. The Kier molecular flexibility index (Phi) is 5.69. The molecular weight excluding hydrogens is 228 g/mol. The van der Waals surface area contributed by atoms with Gasteiger partial charge in [0.2, 0.25) is 0 Å². The zero-order valence-corrected chi connectivity index (χ0v) is 10.0. The lowest BCUT2D eigenvalue weighted by Crippen LogP contribution is -2.14. The molecule has 3 nitrogen and oxygen atoms in total. The summed E-state index contributed by atoms with van der Waals surface area (Å²) in [6.45, 7) is 0.726. The van der Waals surface area contributed by atoms with Gasteiger partial charge in [-0.25, -0.2) is 0 Å². The highest BCUT2D eigenvalue weighted by atomic mass is 19.3. The molecule has 5 heteroatoms. The Balaban J connectivity index is 2.73. The van der Waals surface area contributed by atoms with E-state index in [1.54, 1.807) is 12.1 Å². The fourth-order valence-corrected chi connectivity index (χ4v) is 1.43. The van der Waals surface area contributed by atoms with Crippen LogP contribution in [0.3, 0.4) is 0 Å². The summed E-state index contributed by atoms with van der Waals surface area (Å²) in [6.07, 6.45) is 1.02. The molecule has 0 aliphatic rings. The van der Waals surface area contributed by atoms with Crippen molar-refractivity contribution in [2.75, 3.05) is 13.7 Å². The van der Waals surface area contributed by atoms with Gasteiger partial charge in [-0.15, -0.1) is 0 Å². The second-order valence-corrected chi connectivity index (χ2v) is 3.54. The van der Waals surface area contributed by atoms with Gasteiger partial charge in [0, 0.05) is 6.54 Å². The molecule has 0 aliphatic carbocycles. The van der Waals surface area contributed by atoms with Gasteiger partial charge in [0.25, 0.3) is 0 Å². The molecular formula is C12H17F2NO2. The van der Waals surface area contributed by atoms with Crippen LogP contribution in [0.1, 0.15) is 18.9 Å². The number of hydrogen-bond acceptors (Lipinski definition) is 3. The zero-order valence-electron chi connectivity index (χ0n) is 10.0. The van der Waals surface area contributed by atoms with E-state index in [0.29, 0.717) is 12.3 Å². The number of halogens is 2. The maximum absolute atomic E-state index is 12.2. The largest absolute Gasteiger partial charge is 0.493 e. The third-order valence-corrected chi connectivity index (χ3v) is 2.20. The van der Waals surface area contributed by atoms with Crippen LogP contribution in [-0.2, 0) is 6.54 Å². The molecule has 0 fully saturated rings. The minimum absolute atomic E-state index is 0.0679. The van der Waals surface area contributed by atoms with E-state index < -0.39 is 6.61 Å². The Morgan fingerprint density at radius 2 is 2.06 bits per heavy atom. The summed E-state index contributed by atoms with van der Waals surface area (Å²) in [7, 11) is 1.42. The Labute approximate surface area is 99.7 Å². The van der Waals surface area contributed by atoms with Crippen LogP contribution >= 0.6 is 0 Å². The zero-order chi connectivity index (χ0) is 12.7. The molecule has 0 saturated carbocycles. The third kappa shape index (κ3) is 4.56. The van der Waals surface area contributed by atoms with Crippen molar-refractivity contribution in [2.24, 2.45) is 0 Å². The molecule has 17 heavy (non-hydrogen) atoms. The SMILES string of the molecule is CCCNCc1ccc(OC)c(OC(F)F)c1. The first-order valence-corrected chi connectivity index (χ1v) is 5.49. The van der Waals surface area contributed by atoms with Gasteiger partial charge in [0.1, 0.15) is 0 Å². The first kappa shape index (κ1) is 13.7. The Hall–Kier alpha value is -1.36.